The first-order chi connectivity index (χ1) is 10.1. The summed E-state index contributed by atoms with van der Waals surface area (Å²) in [6.45, 7) is 3.56. The van der Waals surface area contributed by atoms with Crippen molar-refractivity contribution in [3.8, 4) is 0 Å². The van der Waals surface area contributed by atoms with Gasteiger partial charge >= 0.3 is 5.97 Å². The topological polar surface area (TPSA) is 57.8 Å². The van der Waals surface area contributed by atoms with Crippen molar-refractivity contribution in [3.05, 3.63) is 35.5 Å². The lowest BCUT2D eigenvalue weighted by Gasteiger charge is -2.33. The van der Waals surface area contributed by atoms with Crippen molar-refractivity contribution in [1.29, 1.82) is 0 Å². The molecular weight excluding hydrogens is 273 g/mol. The molecule has 1 unspecified atom stereocenters. The zero-order valence-electron chi connectivity index (χ0n) is 11.9. The van der Waals surface area contributed by atoms with Crippen LogP contribution < -0.4 is 0 Å². The number of aromatic carboxylic acids is 1. The van der Waals surface area contributed by atoms with Crippen LogP contribution in [0.5, 0.6) is 0 Å². The molecular formula is C15H18FN3O2. The second kappa shape index (κ2) is 5.44. The molecule has 0 aliphatic carbocycles. The van der Waals surface area contributed by atoms with E-state index in [4.69, 9.17) is 0 Å². The molecule has 0 aromatic carbocycles. The van der Waals surface area contributed by atoms with Crippen LogP contribution in [0.15, 0.2) is 18.3 Å². The summed E-state index contributed by atoms with van der Waals surface area (Å²) in [5.74, 6) is -1.47. The number of piperidine rings is 1. The van der Waals surface area contributed by atoms with Crippen LogP contribution in [0.2, 0.25) is 0 Å². The van der Waals surface area contributed by atoms with Crippen LogP contribution in [-0.4, -0.2) is 37.9 Å². The van der Waals surface area contributed by atoms with Gasteiger partial charge in [-0.2, -0.15) is 0 Å². The summed E-state index contributed by atoms with van der Waals surface area (Å²) in [7, 11) is 0. The minimum Gasteiger partial charge on any atom is -0.476 e. The van der Waals surface area contributed by atoms with E-state index in [1.165, 1.54) is 24.8 Å². The third-order valence-electron chi connectivity index (χ3n) is 4.18. The van der Waals surface area contributed by atoms with Crippen molar-refractivity contribution in [3.63, 3.8) is 0 Å². The Kier molecular flexibility index (Phi) is 3.63. The van der Waals surface area contributed by atoms with E-state index in [1.807, 2.05) is 0 Å². The Hall–Kier alpha value is -1.95. The van der Waals surface area contributed by atoms with Crippen molar-refractivity contribution in [1.82, 2.24) is 14.3 Å². The Morgan fingerprint density at radius 1 is 1.48 bits per heavy atom. The van der Waals surface area contributed by atoms with Crippen LogP contribution in [-0.2, 0) is 6.54 Å². The number of imidazole rings is 1. The molecule has 1 aliphatic heterocycles. The molecule has 1 atom stereocenters. The van der Waals surface area contributed by atoms with Crippen LogP contribution in [0.25, 0.3) is 5.65 Å². The molecule has 3 rings (SSSR count). The van der Waals surface area contributed by atoms with E-state index in [0.717, 1.165) is 19.4 Å². The van der Waals surface area contributed by atoms with E-state index < -0.39 is 11.8 Å². The number of carboxylic acid groups (broad SMARTS) is 1. The standard InChI is InChI=1S/C15H18FN3O2/c1-10-4-2-3-7-18(10)9-12-14(15(20)21)17-13-6-5-11(16)8-19(12)13/h5-6,8,10H,2-4,7,9H2,1H3,(H,20,21). The second-order valence-corrected chi connectivity index (χ2v) is 5.60. The summed E-state index contributed by atoms with van der Waals surface area (Å²) < 4.78 is 15.0. The molecule has 2 aromatic rings. The number of nitrogens with zero attached hydrogens (tertiary/aromatic N) is 3. The minimum atomic E-state index is -1.07. The molecule has 2 aromatic heterocycles. The van der Waals surface area contributed by atoms with Gasteiger partial charge in [0, 0.05) is 18.8 Å². The Balaban J connectivity index is 2.04. The summed E-state index contributed by atoms with van der Waals surface area (Å²) in [5.41, 5.74) is 1.03. The summed E-state index contributed by atoms with van der Waals surface area (Å²) >= 11 is 0. The minimum absolute atomic E-state index is 0.0124. The van der Waals surface area contributed by atoms with Gasteiger partial charge in [0.15, 0.2) is 5.69 Å². The first-order valence-corrected chi connectivity index (χ1v) is 7.20. The van der Waals surface area contributed by atoms with Gasteiger partial charge in [-0.05, 0) is 38.4 Å². The van der Waals surface area contributed by atoms with E-state index in [0.29, 0.717) is 23.9 Å². The number of hydrogen-bond donors (Lipinski definition) is 1. The maximum Gasteiger partial charge on any atom is 0.356 e. The predicted octanol–water partition coefficient (Wildman–Crippen LogP) is 2.55. The van der Waals surface area contributed by atoms with Crippen molar-refractivity contribution >= 4 is 11.6 Å². The highest BCUT2D eigenvalue weighted by Gasteiger charge is 2.24. The number of likely N-dealkylation sites (tertiary alicyclic amines) is 1. The van der Waals surface area contributed by atoms with Crippen LogP contribution in [0, 0.1) is 5.82 Å². The van der Waals surface area contributed by atoms with E-state index in [-0.39, 0.29) is 5.69 Å². The normalized spacial score (nSPS) is 20.0. The van der Waals surface area contributed by atoms with E-state index >= 15 is 0 Å². The number of carboxylic acids is 1. The first-order valence-electron chi connectivity index (χ1n) is 7.20. The molecule has 3 heterocycles. The lowest BCUT2D eigenvalue weighted by molar-refractivity contribution is 0.0686. The van der Waals surface area contributed by atoms with Crippen molar-refractivity contribution in [2.24, 2.45) is 0 Å². The Morgan fingerprint density at radius 3 is 3.00 bits per heavy atom. The third kappa shape index (κ3) is 2.63. The monoisotopic (exact) mass is 291 g/mol. The molecule has 1 aliphatic rings. The molecule has 0 amide bonds. The van der Waals surface area contributed by atoms with E-state index in [1.54, 1.807) is 4.40 Å². The number of rotatable bonds is 3. The molecule has 6 heteroatoms. The third-order valence-corrected chi connectivity index (χ3v) is 4.18. The number of pyridine rings is 1. The summed E-state index contributed by atoms with van der Waals surface area (Å²) in [6, 6.07) is 3.20. The maximum absolute atomic E-state index is 13.5. The largest absolute Gasteiger partial charge is 0.476 e. The molecule has 0 saturated carbocycles. The van der Waals surface area contributed by atoms with Crippen molar-refractivity contribution in [2.45, 2.75) is 38.8 Å². The second-order valence-electron chi connectivity index (χ2n) is 5.60. The molecule has 0 radical (unpaired) electrons. The van der Waals surface area contributed by atoms with Crippen molar-refractivity contribution < 1.29 is 14.3 Å². The fraction of sp³-hybridized carbons (Fsp3) is 0.467. The highest BCUT2D eigenvalue weighted by atomic mass is 19.1. The number of halogens is 1. The molecule has 0 bridgehead atoms. The highest BCUT2D eigenvalue weighted by molar-refractivity contribution is 5.88. The Morgan fingerprint density at radius 2 is 2.29 bits per heavy atom. The van der Waals surface area contributed by atoms with Gasteiger partial charge in [-0.3, -0.25) is 9.30 Å². The molecule has 1 saturated heterocycles. The average molecular weight is 291 g/mol. The zero-order valence-corrected chi connectivity index (χ0v) is 11.9. The summed E-state index contributed by atoms with van der Waals surface area (Å²) in [5, 5.41) is 9.34. The lowest BCUT2D eigenvalue weighted by Crippen LogP contribution is -2.37. The number of aromatic nitrogens is 2. The first kappa shape index (κ1) is 14.0. The van der Waals surface area contributed by atoms with Gasteiger partial charge < -0.3 is 5.11 Å². The average Bonchev–Trinajstić information content (AvgIpc) is 2.80. The van der Waals surface area contributed by atoms with E-state index in [9.17, 15) is 14.3 Å². The van der Waals surface area contributed by atoms with Gasteiger partial charge in [0.1, 0.15) is 11.5 Å². The van der Waals surface area contributed by atoms with Gasteiger partial charge in [0.25, 0.3) is 0 Å². The molecule has 21 heavy (non-hydrogen) atoms. The van der Waals surface area contributed by atoms with Crippen LogP contribution in [0.4, 0.5) is 4.39 Å². The van der Waals surface area contributed by atoms with Gasteiger partial charge in [-0.1, -0.05) is 6.42 Å². The smallest absolute Gasteiger partial charge is 0.356 e. The van der Waals surface area contributed by atoms with Crippen molar-refractivity contribution in [2.75, 3.05) is 6.54 Å². The number of carbonyl (C=O) groups is 1. The molecule has 0 spiro atoms. The lowest BCUT2D eigenvalue weighted by atomic mass is 10.0. The fourth-order valence-corrected chi connectivity index (χ4v) is 2.97. The Bertz CT molecular complexity index is 683. The van der Waals surface area contributed by atoms with Gasteiger partial charge in [0.2, 0.25) is 0 Å². The molecule has 1 N–H and O–H groups in total. The fourth-order valence-electron chi connectivity index (χ4n) is 2.97. The maximum atomic E-state index is 13.5. The number of hydrogen-bond acceptors (Lipinski definition) is 3. The summed E-state index contributed by atoms with van der Waals surface area (Å²) in [4.78, 5) is 17.8. The highest BCUT2D eigenvalue weighted by Crippen LogP contribution is 2.22. The van der Waals surface area contributed by atoms with Crippen LogP contribution >= 0.6 is 0 Å². The van der Waals surface area contributed by atoms with Crippen LogP contribution in [0.1, 0.15) is 42.4 Å². The van der Waals surface area contributed by atoms with Gasteiger partial charge in [-0.15, -0.1) is 0 Å². The van der Waals surface area contributed by atoms with Gasteiger partial charge in [0.05, 0.1) is 5.69 Å². The predicted molar refractivity (Wildman–Crippen MR) is 75.8 cm³/mol. The molecule has 5 nitrogen and oxygen atoms in total. The molecule has 112 valence electrons. The van der Waals surface area contributed by atoms with E-state index in [2.05, 4.69) is 16.8 Å². The zero-order chi connectivity index (χ0) is 15.0. The SMILES string of the molecule is CC1CCCCN1Cc1c(C(=O)O)nc2ccc(F)cn12. The van der Waals surface area contributed by atoms with Gasteiger partial charge in [-0.25, -0.2) is 14.2 Å². The van der Waals surface area contributed by atoms with Crippen LogP contribution in [0.3, 0.4) is 0 Å². The molecule has 1 fully saturated rings. The Labute approximate surface area is 122 Å². The number of fused-ring (bicyclic) bond motifs is 1. The summed E-state index contributed by atoms with van der Waals surface area (Å²) in [6.07, 6.45) is 4.72. The quantitative estimate of drug-likeness (QED) is 0.944.